The fraction of sp³-hybridized carbons (Fsp3) is 0.0508. The van der Waals surface area contributed by atoms with Gasteiger partial charge in [-0.05, 0) is 76.3 Å². The molecule has 14 rings (SSSR count). The van der Waals surface area contributed by atoms with Crippen LogP contribution in [0.25, 0.3) is 122 Å². The van der Waals surface area contributed by atoms with Crippen LogP contribution in [0.1, 0.15) is 25.0 Å². The molecule has 4 aromatic heterocycles. The summed E-state index contributed by atoms with van der Waals surface area (Å²) in [5.41, 5.74) is 17.5. The Kier molecular flexibility index (Phi) is 7.11. The minimum atomic E-state index is -0.294. The number of nitrogens with zero attached hydrogens (tertiary/aromatic N) is 4. The number of para-hydroxylation sites is 5. The Morgan fingerprint density at radius 3 is 1.88 bits per heavy atom. The van der Waals surface area contributed by atoms with Crippen molar-refractivity contribution in [1.29, 1.82) is 0 Å². The van der Waals surface area contributed by atoms with E-state index in [1.807, 2.05) is 12.1 Å². The van der Waals surface area contributed by atoms with Crippen LogP contribution in [0.3, 0.4) is 0 Å². The van der Waals surface area contributed by atoms with Crippen molar-refractivity contribution in [2.75, 3.05) is 0 Å². The van der Waals surface area contributed by atoms with Crippen LogP contribution in [0.15, 0.2) is 199 Å². The van der Waals surface area contributed by atoms with Crippen LogP contribution in [0.2, 0.25) is 0 Å². The second kappa shape index (κ2) is 12.9. The first kappa shape index (κ1) is 35.3. The second-order valence-corrected chi connectivity index (χ2v) is 17.7. The maximum absolute atomic E-state index is 6.15. The van der Waals surface area contributed by atoms with Crippen molar-refractivity contribution in [3.05, 3.63) is 205 Å². The zero-order valence-corrected chi connectivity index (χ0v) is 35.2. The third-order valence-electron chi connectivity index (χ3n) is 13.9. The molecule has 0 saturated heterocycles. The molecule has 0 aliphatic heterocycles. The monoisotopic (exact) mass is 818 g/mol. The average Bonchev–Trinajstić information content (AvgIpc) is 4.06. The standard InChI is InChI=1S/C59H38N4O/c1-59(2)45-23-11-6-19-40(45)51-54(59)52-42-21-8-13-25-47(42)62(38-16-4-3-5-17-38)56(52)53-43-22-9-14-26-48(43)63(57(51)53)58-60-46-24-12-7-20-41(46)55(61-58)36-30-28-35(29-31-36)37-32-33-50-44(34-37)39-18-10-15-27-49(39)64-50/h3-34H,1-2H3. The molecule has 0 fully saturated rings. The third-order valence-corrected chi connectivity index (χ3v) is 13.9. The van der Waals surface area contributed by atoms with Gasteiger partial charge < -0.3 is 8.98 Å². The van der Waals surface area contributed by atoms with E-state index in [1.54, 1.807) is 0 Å². The average molecular weight is 819 g/mol. The number of hydrogen-bond donors (Lipinski definition) is 0. The first-order chi connectivity index (χ1) is 31.5. The SMILES string of the molecule is CC1(C)c2ccccc2-c2c1c1c3ccccc3n(-c3ccccc3)c1c1c3ccccc3n(-c3nc(-c4ccc(-c5ccc6oc7ccccc7c6c5)cc4)c4ccccc4n3)c21. The number of fused-ring (bicyclic) bond motifs is 16. The summed E-state index contributed by atoms with van der Waals surface area (Å²) >= 11 is 0. The zero-order valence-electron chi connectivity index (χ0n) is 35.2. The Labute approximate surface area is 368 Å². The largest absolute Gasteiger partial charge is 0.456 e. The molecule has 64 heavy (non-hydrogen) atoms. The summed E-state index contributed by atoms with van der Waals surface area (Å²) in [6, 6.07) is 69.5. The van der Waals surface area contributed by atoms with Gasteiger partial charge in [0.2, 0.25) is 5.95 Å². The molecule has 5 nitrogen and oxygen atoms in total. The molecular formula is C59H38N4O. The van der Waals surface area contributed by atoms with Crippen LogP contribution in [0, 0.1) is 0 Å². The molecule has 300 valence electrons. The van der Waals surface area contributed by atoms with Crippen molar-refractivity contribution in [3.8, 4) is 45.1 Å². The molecule has 0 saturated carbocycles. The predicted molar refractivity (Wildman–Crippen MR) is 264 cm³/mol. The summed E-state index contributed by atoms with van der Waals surface area (Å²) in [6.07, 6.45) is 0. The van der Waals surface area contributed by atoms with Gasteiger partial charge in [0.25, 0.3) is 0 Å². The lowest BCUT2D eigenvalue weighted by atomic mass is 9.80. The van der Waals surface area contributed by atoms with Crippen molar-refractivity contribution < 1.29 is 4.42 Å². The molecule has 13 aromatic rings. The minimum Gasteiger partial charge on any atom is -0.456 e. The highest BCUT2D eigenvalue weighted by molar-refractivity contribution is 6.31. The zero-order chi connectivity index (χ0) is 42.3. The van der Waals surface area contributed by atoms with Crippen LogP contribution < -0.4 is 0 Å². The Morgan fingerprint density at radius 1 is 0.453 bits per heavy atom. The highest BCUT2D eigenvalue weighted by Crippen LogP contribution is 2.58. The Hall–Kier alpha value is -8.28. The molecule has 0 atom stereocenters. The quantitative estimate of drug-likeness (QED) is 0.178. The minimum absolute atomic E-state index is 0.294. The molecule has 4 heterocycles. The van der Waals surface area contributed by atoms with Gasteiger partial charge in [0.15, 0.2) is 0 Å². The molecular weight excluding hydrogens is 781 g/mol. The summed E-state index contributed by atoms with van der Waals surface area (Å²) in [7, 11) is 0. The van der Waals surface area contributed by atoms with E-state index >= 15 is 0 Å². The van der Waals surface area contributed by atoms with Crippen LogP contribution in [0.5, 0.6) is 0 Å². The first-order valence-corrected chi connectivity index (χ1v) is 22.0. The number of rotatable bonds is 4. The molecule has 0 radical (unpaired) electrons. The number of hydrogen-bond acceptors (Lipinski definition) is 3. The van der Waals surface area contributed by atoms with E-state index in [4.69, 9.17) is 14.4 Å². The van der Waals surface area contributed by atoms with E-state index in [0.717, 1.165) is 77.3 Å². The summed E-state index contributed by atoms with van der Waals surface area (Å²) in [4.78, 5) is 11.1. The summed E-state index contributed by atoms with van der Waals surface area (Å²) in [6.45, 7) is 4.79. The third kappa shape index (κ3) is 4.73. The van der Waals surface area contributed by atoms with Crippen molar-refractivity contribution in [2.24, 2.45) is 0 Å². The summed E-state index contributed by atoms with van der Waals surface area (Å²) in [5, 5.41) is 8.16. The van der Waals surface area contributed by atoms with E-state index in [9.17, 15) is 0 Å². The van der Waals surface area contributed by atoms with Crippen molar-refractivity contribution in [1.82, 2.24) is 19.1 Å². The van der Waals surface area contributed by atoms with Crippen LogP contribution >= 0.6 is 0 Å². The lowest BCUT2D eigenvalue weighted by molar-refractivity contribution is 0.667. The van der Waals surface area contributed by atoms with E-state index < -0.39 is 0 Å². The van der Waals surface area contributed by atoms with Crippen molar-refractivity contribution in [3.63, 3.8) is 0 Å². The molecule has 0 N–H and O–H groups in total. The lowest BCUT2D eigenvalue weighted by Crippen LogP contribution is -2.15. The van der Waals surface area contributed by atoms with Gasteiger partial charge in [-0.2, -0.15) is 0 Å². The molecule has 0 bridgehead atoms. The topological polar surface area (TPSA) is 48.8 Å². The van der Waals surface area contributed by atoms with Crippen LogP contribution in [-0.4, -0.2) is 19.1 Å². The van der Waals surface area contributed by atoms with Gasteiger partial charge in [0.1, 0.15) is 11.2 Å². The molecule has 0 amide bonds. The highest BCUT2D eigenvalue weighted by Gasteiger charge is 2.41. The second-order valence-electron chi connectivity index (χ2n) is 17.7. The smallest absolute Gasteiger partial charge is 0.235 e. The lowest BCUT2D eigenvalue weighted by Gasteiger charge is -2.23. The number of aromatic nitrogens is 4. The van der Waals surface area contributed by atoms with Gasteiger partial charge in [-0.1, -0.05) is 159 Å². The molecule has 1 aliphatic rings. The van der Waals surface area contributed by atoms with Crippen LogP contribution in [0.4, 0.5) is 0 Å². The van der Waals surface area contributed by atoms with Crippen LogP contribution in [-0.2, 0) is 5.41 Å². The molecule has 9 aromatic carbocycles. The maximum atomic E-state index is 6.15. The molecule has 0 spiro atoms. The van der Waals surface area contributed by atoms with Gasteiger partial charge in [-0.25, -0.2) is 9.97 Å². The molecule has 1 aliphatic carbocycles. The number of benzene rings is 9. The van der Waals surface area contributed by atoms with Crippen molar-refractivity contribution >= 4 is 76.5 Å². The first-order valence-electron chi connectivity index (χ1n) is 22.0. The van der Waals surface area contributed by atoms with E-state index in [1.165, 1.54) is 49.4 Å². The fourth-order valence-electron chi connectivity index (χ4n) is 11.1. The van der Waals surface area contributed by atoms with Gasteiger partial charge in [0.05, 0.1) is 33.3 Å². The van der Waals surface area contributed by atoms with Gasteiger partial charge >= 0.3 is 0 Å². The normalized spacial score (nSPS) is 13.3. The van der Waals surface area contributed by atoms with E-state index in [0.29, 0.717) is 5.95 Å². The Morgan fingerprint density at radius 2 is 1.06 bits per heavy atom. The molecule has 0 unspecified atom stereocenters. The molecule has 5 heteroatoms. The Balaban J connectivity index is 1.07. The highest BCUT2D eigenvalue weighted by atomic mass is 16.3. The predicted octanol–water partition coefficient (Wildman–Crippen LogP) is 15.4. The van der Waals surface area contributed by atoms with Gasteiger partial charge in [0, 0.05) is 59.9 Å². The maximum Gasteiger partial charge on any atom is 0.235 e. The fourth-order valence-corrected chi connectivity index (χ4v) is 11.1. The number of furan rings is 1. The van der Waals surface area contributed by atoms with Gasteiger partial charge in [-0.3, -0.25) is 4.57 Å². The Bertz CT molecular complexity index is 4090. The van der Waals surface area contributed by atoms with E-state index in [2.05, 4.69) is 205 Å². The van der Waals surface area contributed by atoms with Crippen molar-refractivity contribution in [2.45, 2.75) is 19.3 Å². The summed E-state index contributed by atoms with van der Waals surface area (Å²) < 4.78 is 11.0. The van der Waals surface area contributed by atoms with E-state index in [-0.39, 0.29) is 5.41 Å². The van der Waals surface area contributed by atoms with Gasteiger partial charge in [-0.15, -0.1) is 0 Å². The summed E-state index contributed by atoms with van der Waals surface area (Å²) in [5.74, 6) is 0.646.